The molecule has 1 aromatic carbocycles. The van der Waals surface area contributed by atoms with Crippen molar-refractivity contribution in [2.45, 2.75) is 6.54 Å². The fraction of sp³-hybridized carbons (Fsp3) is 0.0833. The Morgan fingerprint density at radius 1 is 1.22 bits per heavy atom. The highest BCUT2D eigenvalue weighted by atomic mass is 35.5. The SMILES string of the molecule is Clc1ccccc1CNc1ncc2[nH]cnc2n1. The Morgan fingerprint density at radius 3 is 3.00 bits per heavy atom. The standard InChI is InChI=1S/C12H10ClN5/c13-9-4-2-1-3-8(9)5-14-12-15-6-10-11(18-12)17-7-16-10/h1-4,6-7H,5H2,(H2,14,15,16,17,18). The molecule has 3 aromatic rings. The van der Waals surface area contributed by atoms with Gasteiger partial charge < -0.3 is 10.3 Å². The van der Waals surface area contributed by atoms with Gasteiger partial charge in [-0.25, -0.2) is 9.97 Å². The van der Waals surface area contributed by atoms with E-state index < -0.39 is 0 Å². The maximum Gasteiger partial charge on any atom is 0.225 e. The Kier molecular flexibility index (Phi) is 2.82. The molecule has 0 unspecified atom stereocenters. The summed E-state index contributed by atoms with van der Waals surface area (Å²) in [5.41, 5.74) is 2.47. The number of nitrogens with one attached hydrogen (secondary N) is 2. The quantitative estimate of drug-likeness (QED) is 0.759. The van der Waals surface area contributed by atoms with Crippen molar-refractivity contribution in [2.24, 2.45) is 0 Å². The fourth-order valence-corrected chi connectivity index (χ4v) is 1.84. The summed E-state index contributed by atoms with van der Waals surface area (Å²) in [5.74, 6) is 0.537. The van der Waals surface area contributed by atoms with E-state index in [0.717, 1.165) is 16.1 Å². The van der Waals surface area contributed by atoms with Gasteiger partial charge in [0.25, 0.3) is 0 Å². The van der Waals surface area contributed by atoms with E-state index >= 15 is 0 Å². The third kappa shape index (κ3) is 2.12. The fourth-order valence-electron chi connectivity index (χ4n) is 1.64. The third-order valence-electron chi connectivity index (χ3n) is 2.57. The van der Waals surface area contributed by atoms with Gasteiger partial charge in [0.15, 0.2) is 5.65 Å². The van der Waals surface area contributed by atoms with Crippen molar-refractivity contribution in [2.75, 3.05) is 5.32 Å². The lowest BCUT2D eigenvalue weighted by molar-refractivity contribution is 1.07. The first-order valence-corrected chi connectivity index (χ1v) is 5.84. The summed E-state index contributed by atoms with van der Waals surface area (Å²) >= 11 is 6.07. The summed E-state index contributed by atoms with van der Waals surface area (Å²) in [7, 11) is 0. The third-order valence-corrected chi connectivity index (χ3v) is 2.94. The predicted octanol–water partition coefficient (Wildman–Crippen LogP) is 2.62. The van der Waals surface area contributed by atoms with Crippen molar-refractivity contribution in [1.29, 1.82) is 0 Å². The molecule has 3 rings (SSSR count). The van der Waals surface area contributed by atoms with Crippen molar-refractivity contribution in [3.63, 3.8) is 0 Å². The van der Waals surface area contributed by atoms with Crippen LogP contribution < -0.4 is 5.32 Å². The Balaban J connectivity index is 1.78. The normalized spacial score (nSPS) is 10.7. The van der Waals surface area contributed by atoms with Crippen LogP contribution >= 0.6 is 11.6 Å². The first-order chi connectivity index (χ1) is 8.83. The predicted molar refractivity (Wildman–Crippen MR) is 70.5 cm³/mol. The molecule has 18 heavy (non-hydrogen) atoms. The summed E-state index contributed by atoms with van der Waals surface area (Å²) in [6, 6.07) is 7.66. The topological polar surface area (TPSA) is 66.5 Å². The number of H-pyrrole nitrogens is 1. The molecule has 0 atom stereocenters. The lowest BCUT2D eigenvalue weighted by atomic mass is 10.2. The van der Waals surface area contributed by atoms with E-state index in [0.29, 0.717) is 18.1 Å². The van der Waals surface area contributed by atoms with Gasteiger partial charge >= 0.3 is 0 Å². The molecular formula is C12H10ClN5. The van der Waals surface area contributed by atoms with Gasteiger partial charge in [-0.2, -0.15) is 4.98 Å². The maximum absolute atomic E-state index is 6.07. The number of nitrogens with zero attached hydrogens (tertiary/aromatic N) is 3. The van der Waals surface area contributed by atoms with Crippen molar-refractivity contribution in [1.82, 2.24) is 19.9 Å². The Labute approximate surface area is 108 Å². The van der Waals surface area contributed by atoms with Crippen LogP contribution in [0, 0.1) is 0 Å². The van der Waals surface area contributed by atoms with Gasteiger partial charge in [0.05, 0.1) is 12.5 Å². The number of rotatable bonds is 3. The van der Waals surface area contributed by atoms with E-state index in [1.165, 1.54) is 0 Å². The molecule has 0 spiro atoms. The van der Waals surface area contributed by atoms with Crippen LogP contribution in [0.4, 0.5) is 5.95 Å². The van der Waals surface area contributed by atoms with Crippen molar-refractivity contribution >= 4 is 28.7 Å². The van der Waals surface area contributed by atoms with E-state index in [2.05, 4.69) is 25.3 Å². The summed E-state index contributed by atoms with van der Waals surface area (Å²) in [6.07, 6.45) is 3.29. The summed E-state index contributed by atoms with van der Waals surface area (Å²) in [5, 5.41) is 3.85. The van der Waals surface area contributed by atoms with E-state index in [-0.39, 0.29) is 0 Å². The van der Waals surface area contributed by atoms with Crippen LogP contribution in [0.25, 0.3) is 11.2 Å². The zero-order chi connectivity index (χ0) is 12.4. The molecule has 0 aliphatic heterocycles. The maximum atomic E-state index is 6.07. The summed E-state index contributed by atoms with van der Waals surface area (Å²) < 4.78 is 0. The van der Waals surface area contributed by atoms with E-state index in [9.17, 15) is 0 Å². The number of aromatic amines is 1. The van der Waals surface area contributed by atoms with Gasteiger partial charge in [-0.15, -0.1) is 0 Å². The molecule has 0 saturated heterocycles. The minimum atomic E-state index is 0.537. The van der Waals surface area contributed by atoms with Crippen molar-refractivity contribution in [3.8, 4) is 0 Å². The minimum Gasteiger partial charge on any atom is -0.350 e. The number of hydrogen-bond acceptors (Lipinski definition) is 4. The van der Waals surface area contributed by atoms with Crippen molar-refractivity contribution < 1.29 is 0 Å². The smallest absolute Gasteiger partial charge is 0.225 e. The molecule has 90 valence electrons. The van der Waals surface area contributed by atoms with Crippen LogP contribution in [0.2, 0.25) is 5.02 Å². The van der Waals surface area contributed by atoms with E-state index in [1.54, 1.807) is 12.5 Å². The first-order valence-electron chi connectivity index (χ1n) is 5.46. The number of imidazole rings is 1. The Bertz CT molecular complexity index is 679. The van der Waals surface area contributed by atoms with E-state index in [4.69, 9.17) is 11.6 Å². The second kappa shape index (κ2) is 4.62. The molecule has 2 aromatic heterocycles. The van der Waals surface area contributed by atoms with Crippen LogP contribution in [0.1, 0.15) is 5.56 Å². The van der Waals surface area contributed by atoms with Crippen LogP contribution in [0.15, 0.2) is 36.8 Å². The minimum absolute atomic E-state index is 0.537. The monoisotopic (exact) mass is 259 g/mol. The highest BCUT2D eigenvalue weighted by Crippen LogP contribution is 2.16. The summed E-state index contributed by atoms with van der Waals surface area (Å²) in [6.45, 7) is 0.579. The van der Waals surface area contributed by atoms with Gasteiger partial charge in [-0.3, -0.25) is 0 Å². The zero-order valence-corrected chi connectivity index (χ0v) is 10.1. The number of hydrogen-bond donors (Lipinski definition) is 2. The molecule has 0 aliphatic carbocycles. The van der Waals surface area contributed by atoms with Crippen LogP contribution in [-0.2, 0) is 6.54 Å². The molecule has 0 radical (unpaired) electrons. The molecule has 0 saturated carbocycles. The average molecular weight is 260 g/mol. The molecule has 0 amide bonds. The lowest BCUT2D eigenvalue weighted by Gasteiger charge is -2.05. The number of aromatic nitrogens is 4. The zero-order valence-electron chi connectivity index (χ0n) is 9.39. The van der Waals surface area contributed by atoms with E-state index in [1.807, 2.05) is 24.3 Å². The molecule has 6 heteroatoms. The van der Waals surface area contributed by atoms with Crippen molar-refractivity contribution in [3.05, 3.63) is 47.4 Å². The highest BCUT2D eigenvalue weighted by molar-refractivity contribution is 6.31. The van der Waals surface area contributed by atoms with Crippen LogP contribution in [-0.4, -0.2) is 19.9 Å². The lowest BCUT2D eigenvalue weighted by Crippen LogP contribution is -2.03. The van der Waals surface area contributed by atoms with Crippen LogP contribution in [0.5, 0.6) is 0 Å². The number of halogens is 1. The number of fused-ring (bicyclic) bond motifs is 1. The average Bonchev–Trinajstić information content (AvgIpc) is 2.85. The Hall–Kier alpha value is -2.14. The molecule has 2 heterocycles. The van der Waals surface area contributed by atoms with Gasteiger partial charge in [0.2, 0.25) is 5.95 Å². The molecule has 0 bridgehead atoms. The molecular weight excluding hydrogens is 250 g/mol. The molecule has 2 N–H and O–H groups in total. The number of anilines is 1. The molecule has 5 nitrogen and oxygen atoms in total. The summed E-state index contributed by atoms with van der Waals surface area (Å²) in [4.78, 5) is 15.5. The molecule has 0 aliphatic rings. The largest absolute Gasteiger partial charge is 0.350 e. The second-order valence-corrected chi connectivity index (χ2v) is 4.19. The number of benzene rings is 1. The van der Waals surface area contributed by atoms with Gasteiger partial charge in [0.1, 0.15) is 5.52 Å². The van der Waals surface area contributed by atoms with Crippen LogP contribution in [0.3, 0.4) is 0 Å². The second-order valence-electron chi connectivity index (χ2n) is 3.78. The molecule has 0 fully saturated rings. The Morgan fingerprint density at radius 2 is 2.11 bits per heavy atom. The van der Waals surface area contributed by atoms with Gasteiger partial charge in [-0.05, 0) is 11.6 Å². The first kappa shape index (κ1) is 11.0. The highest BCUT2D eigenvalue weighted by Gasteiger charge is 2.03. The van der Waals surface area contributed by atoms with Gasteiger partial charge in [-0.1, -0.05) is 29.8 Å². The van der Waals surface area contributed by atoms with Gasteiger partial charge in [0, 0.05) is 11.6 Å².